The summed E-state index contributed by atoms with van der Waals surface area (Å²) in [4.78, 5) is 35.5. The highest BCUT2D eigenvalue weighted by molar-refractivity contribution is 7.07. The monoisotopic (exact) mass is 435 g/mol. The fourth-order valence-electron chi connectivity index (χ4n) is 3.59. The Kier molecular flexibility index (Phi) is 5.81. The minimum Gasteiger partial charge on any atom is -0.496 e. The molecule has 0 N–H and O–H groups in total. The highest BCUT2D eigenvalue weighted by atomic mass is 32.1. The van der Waals surface area contributed by atoms with Crippen LogP contribution in [-0.2, 0) is 9.53 Å². The third-order valence-electron chi connectivity index (χ3n) is 4.95. The van der Waals surface area contributed by atoms with Gasteiger partial charge in [0.15, 0.2) is 4.80 Å². The van der Waals surface area contributed by atoms with Crippen LogP contribution in [0.5, 0.6) is 5.75 Å². The van der Waals surface area contributed by atoms with Gasteiger partial charge in [-0.2, -0.15) is 0 Å². The fraction of sp³-hybridized carbons (Fsp3) is 0.217. The van der Waals surface area contributed by atoms with E-state index in [-0.39, 0.29) is 12.2 Å². The molecule has 1 aromatic carbocycles. The molecule has 0 saturated heterocycles. The van der Waals surface area contributed by atoms with Gasteiger partial charge < -0.3 is 9.47 Å². The SMILES string of the molecule is CCOC(=O)C1=C(C)N=c2s/c(=C\c3ccncc3)c(=O)n2[C@@H]1c1ccccc1OC. The van der Waals surface area contributed by atoms with Gasteiger partial charge in [-0.15, -0.1) is 0 Å². The molecule has 3 heterocycles. The quantitative estimate of drug-likeness (QED) is 0.574. The van der Waals surface area contributed by atoms with Gasteiger partial charge >= 0.3 is 5.97 Å². The van der Waals surface area contributed by atoms with Gasteiger partial charge in [0, 0.05) is 18.0 Å². The Morgan fingerprint density at radius 2 is 1.97 bits per heavy atom. The van der Waals surface area contributed by atoms with Crippen molar-refractivity contribution in [3.63, 3.8) is 0 Å². The number of para-hydroxylation sites is 1. The Balaban J connectivity index is 2.00. The minimum atomic E-state index is -0.703. The van der Waals surface area contributed by atoms with Crippen molar-refractivity contribution in [1.82, 2.24) is 9.55 Å². The maximum atomic E-state index is 13.5. The van der Waals surface area contributed by atoms with Crippen LogP contribution in [0.15, 0.2) is 69.8 Å². The molecule has 8 heteroatoms. The molecule has 0 saturated carbocycles. The number of rotatable bonds is 5. The van der Waals surface area contributed by atoms with E-state index in [0.717, 1.165) is 5.56 Å². The Morgan fingerprint density at radius 1 is 1.23 bits per heavy atom. The van der Waals surface area contributed by atoms with Crippen molar-refractivity contribution in [2.24, 2.45) is 4.99 Å². The largest absolute Gasteiger partial charge is 0.496 e. The van der Waals surface area contributed by atoms with E-state index in [9.17, 15) is 9.59 Å². The molecule has 4 rings (SSSR count). The number of carbonyl (C=O) groups excluding carboxylic acids is 1. The second-order valence-corrected chi connectivity index (χ2v) is 7.83. The molecule has 1 atom stereocenters. The number of hydrogen-bond acceptors (Lipinski definition) is 7. The molecule has 3 aromatic rings. The summed E-state index contributed by atoms with van der Waals surface area (Å²) in [6.45, 7) is 3.73. The molecule has 7 nitrogen and oxygen atoms in total. The van der Waals surface area contributed by atoms with Crippen LogP contribution in [0.4, 0.5) is 0 Å². The highest BCUT2D eigenvalue weighted by Gasteiger charge is 2.34. The number of esters is 1. The molecular formula is C23H21N3O4S. The smallest absolute Gasteiger partial charge is 0.338 e. The van der Waals surface area contributed by atoms with Crippen molar-refractivity contribution in [3.8, 4) is 5.75 Å². The van der Waals surface area contributed by atoms with Crippen LogP contribution in [0.25, 0.3) is 6.08 Å². The van der Waals surface area contributed by atoms with Crippen molar-refractivity contribution in [3.05, 3.63) is 90.9 Å². The lowest BCUT2D eigenvalue weighted by Gasteiger charge is -2.25. The lowest BCUT2D eigenvalue weighted by Crippen LogP contribution is -2.40. The van der Waals surface area contributed by atoms with Crippen LogP contribution in [0.1, 0.15) is 31.0 Å². The summed E-state index contributed by atoms with van der Waals surface area (Å²) >= 11 is 1.28. The van der Waals surface area contributed by atoms with Crippen LogP contribution in [0.3, 0.4) is 0 Å². The second kappa shape index (κ2) is 8.69. The first-order chi connectivity index (χ1) is 15.0. The zero-order valence-corrected chi connectivity index (χ0v) is 18.2. The van der Waals surface area contributed by atoms with E-state index in [0.29, 0.717) is 31.9 Å². The average Bonchev–Trinajstić information content (AvgIpc) is 3.08. The molecule has 0 amide bonds. The Labute approximate surface area is 182 Å². The first-order valence-electron chi connectivity index (χ1n) is 9.77. The Bertz CT molecular complexity index is 1340. The van der Waals surface area contributed by atoms with E-state index >= 15 is 0 Å². The van der Waals surface area contributed by atoms with Gasteiger partial charge in [-0.25, -0.2) is 9.79 Å². The lowest BCUT2D eigenvalue weighted by atomic mass is 9.95. The number of hydrogen-bond donors (Lipinski definition) is 0. The van der Waals surface area contributed by atoms with E-state index in [2.05, 4.69) is 9.98 Å². The number of thiazole rings is 1. The van der Waals surface area contributed by atoms with E-state index in [4.69, 9.17) is 9.47 Å². The van der Waals surface area contributed by atoms with Crippen molar-refractivity contribution in [2.75, 3.05) is 13.7 Å². The first kappa shape index (κ1) is 20.7. The molecule has 31 heavy (non-hydrogen) atoms. The third-order valence-corrected chi connectivity index (χ3v) is 5.94. The van der Waals surface area contributed by atoms with E-state index in [1.165, 1.54) is 11.3 Å². The van der Waals surface area contributed by atoms with Crippen LogP contribution < -0.4 is 19.6 Å². The Morgan fingerprint density at radius 3 is 2.68 bits per heavy atom. The summed E-state index contributed by atoms with van der Waals surface area (Å²) in [7, 11) is 1.56. The van der Waals surface area contributed by atoms with Gasteiger partial charge in [0.2, 0.25) is 0 Å². The van der Waals surface area contributed by atoms with Gasteiger partial charge in [-0.3, -0.25) is 14.3 Å². The van der Waals surface area contributed by atoms with Gasteiger partial charge in [0.25, 0.3) is 5.56 Å². The molecule has 1 aliphatic rings. The van der Waals surface area contributed by atoms with Gasteiger partial charge in [-0.05, 0) is 43.7 Å². The summed E-state index contributed by atoms with van der Waals surface area (Å²) in [5, 5.41) is 0. The van der Waals surface area contributed by atoms with E-state index < -0.39 is 12.0 Å². The summed E-state index contributed by atoms with van der Waals surface area (Å²) in [6.07, 6.45) is 5.14. The highest BCUT2D eigenvalue weighted by Crippen LogP contribution is 2.35. The van der Waals surface area contributed by atoms with Crippen molar-refractivity contribution in [1.29, 1.82) is 0 Å². The van der Waals surface area contributed by atoms with Crippen molar-refractivity contribution >= 4 is 23.4 Å². The zero-order chi connectivity index (χ0) is 22.0. The van der Waals surface area contributed by atoms with Crippen molar-refractivity contribution in [2.45, 2.75) is 19.9 Å². The molecule has 0 fully saturated rings. The Hall–Kier alpha value is -3.52. The molecule has 1 aliphatic heterocycles. The van der Waals surface area contributed by atoms with Gasteiger partial charge in [-0.1, -0.05) is 29.5 Å². The molecule has 158 valence electrons. The number of nitrogens with zero attached hydrogens (tertiary/aromatic N) is 3. The normalized spacial score (nSPS) is 16.0. The summed E-state index contributed by atoms with van der Waals surface area (Å²) in [5.74, 6) is 0.0794. The maximum absolute atomic E-state index is 13.5. The third kappa shape index (κ3) is 3.82. The maximum Gasteiger partial charge on any atom is 0.338 e. The summed E-state index contributed by atoms with van der Waals surface area (Å²) < 4.78 is 12.9. The van der Waals surface area contributed by atoms with Crippen LogP contribution >= 0.6 is 11.3 Å². The molecule has 0 spiro atoms. The number of carbonyl (C=O) groups is 1. The first-order valence-corrected chi connectivity index (χ1v) is 10.6. The van der Waals surface area contributed by atoms with Crippen molar-refractivity contribution < 1.29 is 14.3 Å². The minimum absolute atomic E-state index is 0.223. The number of aromatic nitrogens is 2. The van der Waals surface area contributed by atoms with Gasteiger partial charge in [0.05, 0.1) is 29.5 Å². The molecular weight excluding hydrogens is 414 g/mol. The number of allylic oxidation sites excluding steroid dienone is 1. The second-order valence-electron chi connectivity index (χ2n) is 6.82. The number of benzene rings is 1. The standard InChI is InChI=1S/C23H21N3O4S/c1-4-30-22(28)19-14(2)25-23-26(20(19)16-7-5-6-8-17(16)29-3)21(27)18(31-23)13-15-9-11-24-12-10-15/h5-13,20H,4H2,1-3H3/b18-13-/t20-/m1/s1. The van der Waals surface area contributed by atoms with E-state index in [1.54, 1.807) is 50.1 Å². The summed E-state index contributed by atoms with van der Waals surface area (Å²) in [6, 6.07) is 10.3. The summed E-state index contributed by atoms with van der Waals surface area (Å²) in [5.41, 5.74) is 2.17. The predicted molar refractivity (Wildman–Crippen MR) is 118 cm³/mol. The predicted octanol–water partition coefficient (Wildman–Crippen LogP) is 2.20. The average molecular weight is 436 g/mol. The lowest BCUT2D eigenvalue weighted by molar-refractivity contribution is -0.139. The molecule has 0 aliphatic carbocycles. The number of methoxy groups -OCH3 is 1. The van der Waals surface area contributed by atoms with Crippen LogP contribution in [0, 0.1) is 0 Å². The van der Waals surface area contributed by atoms with Crippen LogP contribution in [0.2, 0.25) is 0 Å². The molecule has 2 aromatic heterocycles. The molecule has 0 unspecified atom stereocenters. The zero-order valence-electron chi connectivity index (χ0n) is 17.4. The number of pyridine rings is 1. The van der Waals surface area contributed by atoms with E-state index in [1.807, 2.05) is 30.3 Å². The number of fused-ring (bicyclic) bond motifs is 1. The molecule has 0 radical (unpaired) electrons. The number of ether oxygens (including phenoxy) is 2. The fourth-order valence-corrected chi connectivity index (χ4v) is 4.64. The topological polar surface area (TPSA) is 82.8 Å². The van der Waals surface area contributed by atoms with Gasteiger partial charge in [0.1, 0.15) is 11.8 Å². The van der Waals surface area contributed by atoms with Crippen LogP contribution in [-0.4, -0.2) is 29.2 Å². The molecule has 0 bridgehead atoms.